The lowest BCUT2D eigenvalue weighted by atomic mass is 10.2. The molecule has 5 nitrogen and oxygen atoms in total. The number of carbonyl (C=O) groups is 2. The van der Waals surface area contributed by atoms with Crippen molar-refractivity contribution in [3.8, 4) is 0 Å². The van der Waals surface area contributed by atoms with Gasteiger partial charge in [-0.15, -0.1) is 0 Å². The third kappa shape index (κ3) is 2.77. The van der Waals surface area contributed by atoms with Crippen molar-refractivity contribution in [2.45, 2.75) is 0 Å². The maximum atomic E-state index is 11.9. The highest BCUT2D eigenvalue weighted by Gasteiger charge is 2.13. The Balaban J connectivity index is 2.25. The molecule has 0 saturated heterocycles. The Hall–Kier alpha value is -2.27. The molecule has 0 bridgehead atoms. The zero-order valence-electron chi connectivity index (χ0n) is 10.1. The number of carbonyl (C=O) groups excluding carboxylic acids is 1. The molecule has 1 aromatic carbocycles. The zero-order chi connectivity index (χ0) is 14.0. The molecular formula is C13H11ClN2O3. The first-order chi connectivity index (χ1) is 8.99. The van der Waals surface area contributed by atoms with Crippen LogP contribution in [0.2, 0.25) is 5.02 Å². The number of hydrogen-bond acceptors (Lipinski definition) is 2. The van der Waals surface area contributed by atoms with E-state index in [0.29, 0.717) is 11.4 Å². The van der Waals surface area contributed by atoms with Crippen molar-refractivity contribution in [1.29, 1.82) is 0 Å². The van der Waals surface area contributed by atoms with E-state index in [1.54, 1.807) is 36.0 Å². The zero-order valence-corrected chi connectivity index (χ0v) is 10.8. The van der Waals surface area contributed by atoms with E-state index < -0.39 is 5.97 Å². The SMILES string of the molecule is Cn1cccc1C(=O)Nc1ccc(Cl)c(C(=O)O)c1. The lowest BCUT2D eigenvalue weighted by molar-refractivity contribution is 0.0696. The lowest BCUT2D eigenvalue weighted by Crippen LogP contribution is -2.15. The Morgan fingerprint density at radius 3 is 2.63 bits per heavy atom. The Kier molecular flexibility index (Phi) is 3.57. The summed E-state index contributed by atoms with van der Waals surface area (Å²) < 4.78 is 1.67. The van der Waals surface area contributed by atoms with Crippen LogP contribution in [0.1, 0.15) is 20.8 Å². The molecule has 6 heteroatoms. The number of rotatable bonds is 3. The third-order valence-electron chi connectivity index (χ3n) is 2.63. The quantitative estimate of drug-likeness (QED) is 0.906. The molecule has 0 aliphatic carbocycles. The number of benzene rings is 1. The summed E-state index contributed by atoms with van der Waals surface area (Å²) in [6.07, 6.45) is 1.75. The van der Waals surface area contributed by atoms with E-state index >= 15 is 0 Å². The van der Waals surface area contributed by atoms with Crippen molar-refractivity contribution in [3.63, 3.8) is 0 Å². The van der Waals surface area contributed by atoms with Gasteiger partial charge < -0.3 is 15.0 Å². The van der Waals surface area contributed by atoms with Gasteiger partial charge in [-0.05, 0) is 30.3 Å². The molecule has 2 rings (SSSR count). The van der Waals surface area contributed by atoms with Gasteiger partial charge in [0.2, 0.25) is 0 Å². The summed E-state index contributed by atoms with van der Waals surface area (Å²) in [5, 5.41) is 11.7. The predicted molar refractivity (Wildman–Crippen MR) is 71.8 cm³/mol. The van der Waals surface area contributed by atoms with Crippen LogP contribution in [0.4, 0.5) is 5.69 Å². The number of halogens is 1. The molecule has 1 aromatic heterocycles. The fraction of sp³-hybridized carbons (Fsp3) is 0.0769. The van der Waals surface area contributed by atoms with Gasteiger partial charge in [-0.1, -0.05) is 11.6 Å². The fourth-order valence-electron chi connectivity index (χ4n) is 1.66. The number of carboxylic acids is 1. The number of aryl methyl sites for hydroxylation is 1. The molecule has 1 amide bonds. The second-order valence-corrected chi connectivity index (χ2v) is 4.37. The Morgan fingerprint density at radius 2 is 2.05 bits per heavy atom. The molecule has 0 aliphatic rings. The summed E-state index contributed by atoms with van der Waals surface area (Å²) in [6, 6.07) is 7.73. The summed E-state index contributed by atoms with van der Waals surface area (Å²) in [6.45, 7) is 0. The van der Waals surface area contributed by atoms with Crippen LogP contribution in [-0.2, 0) is 7.05 Å². The number of nitrogens with zero attached hydrogens (tertiary/aromatic N) is 1. The van der Waals surface area contributed by atoms with Gasteiger partial charge in [0.15, 0.2) is 0 Å². The maximum absolute atomic E-state index is 11.9. The molecule has 19 heavy (non-hydrogen) atoms. The van der Waals surface area contributed by atoms with Gasteiger partial charge >= 0.3 is 5.97 Å². The van der Waals surface area contributed by atoms with Crippen LogP contribution in [0.15, 0.2) is 36.5 Å². The van der Waals surface area contributed by atoms with Crippen LogP contribution >= 0.6 is 11.6 Å². The molecule has 0 aliphatic heterocycles. The Morgan fingerprint density at radius 1 is 1.32 bits per heavy atom. The molecular weight excluding hydrogens is 268 g/mol. The van der Waals surface area contributed by atoms with Crippen molar-refractivity contribution in [1.82, 2.24) is 4.57 Å². The monoisotopic (exact) mass is 278 g/mol. The second-order valence-electron chi connectivity index (χ2n) is 3.96. The number of carboxylic acid groups (broad SMARTS) is 1. The molecule has 0 atom stereocenters. The number of hydrogen-bond donors (Lipinski definition) is 2. The minimum Gasteiger partial charge on any atom is -0.478 e. The molecule has 0 fully saturated rings. The highest BCUT2D eigenvalue weighted by Crippen LogP contribution is 2.21. The van der Waals surface area contributed by atoms with E-state index in [-0.39, 0.29) is 16.5 Å². The summed E-state index contributed by atoms with van der Waals surface area (Å²) in [5.74, 6) is -1.45. The number of anilines is 1. The number of nitrogens with one attached hydrogen (secondary N) is 1. The third-order valence-corrected chi connectivity index (χ3v) is 2.96. The van der Waals surface area contributed by atoms with E-state index in [0.717, 1.165) is 0 Å². The molecule has 98 valence electrons. The van der Waals surface area contributed by atoms with E-state index in [4.69, 9.17) is 16.7 Å². The summed E-state index contributed by atoms with van der Waals surface area (Å²) in [4.78, 5) is 22.9. The van der Waals surface area contributed by atoms with Crippen LogP contribution < -0.4 is 5.32 Å². The molecule has 2 N–H and O–H groups in total. The normalized spacial score (nSPS) is 10.2. The largest absolute Gasteiger partial charge is 0.478 e. The molecule has 0 saturated carbocycles. The molecule has 1 heterocycles. The highest BCUT2D eigenvalue weighted by molar-refractivity contribution is 6.33. The number of aromatic nitrogens is 1. The van der Waals surface area contributed by atoms with Crippen molar-refractivity contribution in [2.24, 2.45) is 7.05 Å². The second kappa shape index (κ2) is 5.16. The van der Waals surface area contributed by atoms with Gasteiger partial charge in [0, 0.05) is 18.9 Å². The average molecular weight is 279 g/mol. The first-order valence-corrected chi connectivity index (χ1v) is 5.82. The standard InChI is InChI=1S/C13H11ClN2O3/c1-16-6-2-3-11(16)12(17)15-8-4-5-10(14)9(7-8)13(18)19/h2-7H,1H3,(H,15,17)(H,18,19). The lowest BCUT2D eigenvalue weighted by Gasteiger charge is -2.07. The number of amides is 1. The van der Waals surface area contributed by atoms with Gasteiger partial charge in [-0.2, -0.15) is 0 Å². The van der Waals surface area contributed by atoms with E-state index in [1.165, 1.54) is 12.1 Å². The first kappa shape index (κ1) is 13.2. The molecule has 0 spiro atoms. The highest BCUT2D eigenvalue weighted by atomic mass is 35.5. The van der Waals surface area contributed by atoms with Crippen molar-refractivity contribution in [3.05, 3.63) is 52.8 Å². The van der Waals surface area contributed by atoms with Crippen LogP contribution in [0.3, 0.4) is 0 Å². The van der Waals surface area contributed by atoms with Gasteiger partial charge in [0.1, 0.15) is 5.69 Å². The molecule has 0 radical (unpaired) electrons. The van der Waals surface area contributed by atoms with Crippen LogP contribution in [0.5, 0.6) is 0 Å². The van der Waals surface area contributed by atoms with Crippen LogP contribution in [0, 0.1) is 0 Å². The van der Waals surface area contributed by atoms with E-state index in [1.807, 2.05) is 0 Å². The minimum absolute atomic E-state index is 0.0497. The average Bonchev–Trinajstić information content (AvgIpc) is 2.77. The summed E-state index contributed by atoms with van der Waals surface area (Å²) in [7, 11) is 1.75. The van der Waals surface area contributed by atoms with Crippen molar-refractivity contribution in [2.75, 3.05) is 5.32 Å². The minimum atomic E-state index is -1.14. The summed E-state index contributed by atoms with van der Waals surface area (Å²) in [5.41, 5.74) is 0.811. The van der Waals surface area contributed by atoms with E-state index in [9.17, 15) is 9.59 Å². The number of aromatic carboxylic acids is 1. The summed E-state index contributed by atoms with van der Waals surface area (Å²) >= 11 is 5.75. The smallest absolute Gasteiger partial charge is 0.337 e. The predicted octanol–water partition coefficient (Wildman–Crippen LogP) is 2.63. The first-order valence-electron chi connectivity index (χ1n) is 5.44. The molecule has 0 unspecified atom stereocenters. The van der Waals surface area contributed by atoms with E-state index in [2.05, 4.69) is 5.32 Å². The topological polar surface area (TPSA) is 71.3 Å². The fourth-order valence-corrected chi connectivity index (χ4v) is 1.86. The van der Waals surface area contributed by atoms with Gasteiger partial charge in [-0.3, -0.25) is 4.79 Å². The van der Waals surface area contributed by atoms with Gasteiger partial charge in [0.05, 0.1) is 10.6 Å². The van der Waals surface area contributed by atoms with Crippen LogP contribution in [-0.4, -0.2) is 21.6 Å². The molecule has 2 aromatic rings. The Bertz CT molecular complexity index is 649. The van der Waals surface area contributed by atoms with Crippen molar-refractivity contribution >= 4 is 29.2 Å². The van der Waals surface area contributed by atoms with Gasteiger partial charge in [0.25, 0.3) is 5.91 Å². The Labute approximate surface area is 114 Å². The van der Waals surface area contributed by atoms with Gasteiger partial charge in [-0.25, -0.2) is 4.79 Å². The van der Waals surface area contributed by atoms with Crippen LogP contribution in [0.25, 0.3) is 0 Å². The van der Waals surface area contributed by atoms with Crippen molar-refractivity contribution < 1.29 is 14.7 Å². The maximum Gasteiger partial charge on any atom is 0.337 e.